The molecular weight excluding hydrogens is 126 g/mol. The first kappa shape index (κ1) is 6.20. The molecule has 0 aromatic carbocycles. The summed E-state index contributed by atoms with van der Waals surface area (Å²) >= 11 is 0. The normalized spacial score (nSPS) is 42.0. The standard InChI is InChI=1S/C8H13NO/c1-8(2)5-3-4-6(8)9-7(5)10/h5-6H,3-4H2,1-2H3,(H,9,10)/t5-,6-/m1/s1. The molecule has 2 rings (SSSR count). The highest BCUT2D eigenvalue weighted by Gasteiger charge is 2.52. The molecule has 2 fully saturated rings. The van der Waals surface area contributed by atoms with Crippen molar-refractivity contribution in [2.45, 2.75) is 32.7 Å². The molecule has 1 N–H and O–H groups in total. The van der Waals surface area contributed by atoms with E-state index < -0.39 is 0 Å². The Hall–Kier alpha value is -0.530. The van der Waals surface area contributed by atoms with E-state index in [2.05, 4.69) is 19.2 Å². The predicted molar refractivity (Wildman–Crippen MR) is 38.4 cm³/mol. The molecule has 1 saturated heterocycles. The van der Waals surface area contributed by atoms with Gasteiger partial charge < -0.3 is 5.32 Å². The van der Waals surface area contributed by atoms with Crippen LogP contribution in [0.5, 0.6) is 0 Å². The molecule has 2 heteroatoms. The van der Waals surface area contributed by atoms with Gasteiger partial charge in [0.2, 0.25) is 5.91 Å². The van der Waals surface area contributed by atoms with Gasteiger partial charge in [0.1, 0.15) is 0 Å². The molecule has 0 spiro atoms. The minimum atomic E-state index is 0.233. The number of carbonyl (C=O) groups excluding carboxylic acids is 1. The molecule has 0 radical (unpaired) electrons. The lowest BCUT2D eigenvalue weighted by molar-refractivity contribution is -0.124. The molecule has 0 aromatic heterocycles. The summed E-state index contributed by atoms with van der Waals surface area (Å²) in [5.74, 6) is 0.582. The third kappa shape index (κ3) is 0.522. The lowest BCUT2D eigenvalue weighted by Gasteiger charge is -2.20. The van der Waals surface area contributed by atoms with Crippen LogP contribution in [-0.2, 0) is 4.79 Å². The van der Waals surface area contributed by atoms with Gasteiger partial charge in [-0.15, -0.1) is 0 Å². The van der Waals surface area contributed by atoms with Crippen LogP contribution in [0, 0.1) is 11.3 Å². The van der Waals surface area contributed by atoms with Gasteiger partial charge in [0, 0.05) is 12.0 Å². The van der Waals surface area contributed by atoms with Crippen LogP contribution in [0.3, 0.4) is 0 Å². The van der Waals surface area contributed by atoms with E-state index in [0.717, 1.165) is 6.42 Å². The fourth-order valence-corrected chi connectivity index (χ4v) is 2.32. The zero-order valence-corrected chi connectivity index (χ0v) is 6.48. The quantitative estimate of drug-likeness (QED) is 0.531. The first-order chi connectivity index (χ1) is 4.62. The Balaban J connectivity index is 2.35. The summed E-state index contributed by atoms with van der Waals surface area (Å²) in [6, 6.07) is 0.463. The molecule has 1 aliphatic heterocycles. The molecule has 1 saturated carbocycles. The Bertz CT molecular complexity index is 186. The summed E-state index contributed by atoms with van der Waals surface area (Å²) in [5.41, 5.74) is 0.233. The van der Waals surface area contributed by atoms with Gasteiger partial charge >= 0.3 is 0 Å². The van der Waals surface area contributed by atoms with Gasteiger partial charge in [0.05, 0.1) is 0 Å². The van der Waals surface area contributed by atoms with Gasteiger partial charge in [-0.2, -0.15) is 0 Å². The largest absolute Gasteiger partial charge is 0.353 e. The van der Waals surface area contributed by atoms with Crippen LogP contribution in [0.4, 0.5) is 0 Å². The Morgan fingerprint density at radius 2 is 2.20 bits per heavy atom. The third-order valence-electron chi connectivity index (χ3n) is 3.17. The average molecular weight is 139 g/mol. The number of amides is 1. The summed E-state index contributed by atoms with van der Waals surface area (Å²) in [6.07, 6.45) is 2.28. The highest BCUT2D eigenvalue weighted by atomic mass is 16.2. The third-order valence-corrected chi connectivity index (χ3v) is 3.17. The number of hydrogen-bond acceptors (Lipinski definition) is 1. The predicted octanol–water partition coefficient (Wildman–Crippen LogP) is 0.921. The van der Waals surface area contributed by atoms with Crippen molar-refractivity contribution >= 4 is 5.91 Å². The minimum absolute atomic E-state index is 0.233. The molecule has 1 heterocycles. The van der Waals surface area contributed by atoms with Crippen molar-refractivity contribution in [3.05, 3.63) is 0 Å². The second-order valence-corrected chi connectivity index (χ2v) is 4.01. The van der Waals surface area contributed by atoms with Gasteiger partial charge in [-0.1, -0.05) is 13.8 Å². The maximum Gasteiger partial charge on any atom is 0.223 e. The van der Waals surface area contributed by atoms with Gasteiger partial charge in [-0.3, -0.25) is 4.79 Å². The van der Waals surface area contributed by atoms with Gasteiger partial charge in [-0.05, 0) is 18.3 Å². The van der Waals surface area contributed by atoms with E-state index in [1.54, 1.807) is 0 Å². The van der Waals surface area contributed by atoms with Gasteiger partial charge in [0.25, 0.3) is 0 Å². The van der Waals surface area contributed by atoms with Crippen molar-refractivity contribution in [1.29, 1.82) is 0 Å². The van der Waals surface area contributed by atoms with E-state index in [1.165, 1.54) is 6.42 Å². The van der Waals surface area contributed by atoms with E-state index in [9.17, 15) is 4.79 Å². The Kier molecular flexibility index (Phi) is 0.960. The number of nitrogens with one attached hydrogen (secondary N) is 1. The van der Waals surface area contributed by atoms with Gasteiger partial charge in [-0.25, -0.2) is 0 Å². The molecular formula is C8H13NO. The fourth-order valence-electron chi connectivity index (χ4n) is 2.32. The second kappa shape index (κ2) is 1.55. The summed E-state index contributed by atoms with van der Waals surface area (Å²) < 4.78 is 0. The molecule has 0 aromatic rings. The average Bonchev–Trinajstić information content (AvgIpc) is 2.20. The second-order valence-electron chi connectivity index (χ2n) is 4.01. The Morgan fingerprint density at radius 3 is 2.40 bits per heavy atom. The Labute approximate surface area is 61.0 Å². The van der Waals surface area contributed by atoms with E-state index in [-0.39, 0.29) is 11.3 Å². The Morgan fingerprint density at radius 1 is 1.50 bits per heavy atom. The maximum absolute atomic E-state index is 11.1. The topological polar surface area (TPSA) is 29.1 Å². The SMILES string of the molecule is CC1(C)[C@@H]2CC[C@H]1NC2=O. The highest BCUT2D eigenvalue weighted by Crippen LogP contribution is 2.47. The van der Waals surface area contributed by atoms with E-state index in [0.29, 0.717) is 12.0 Å². The fraction of sp³-hybridized carbons (Fsp3) is 0.875. The summed E-state index contributed by atoms with van der Waals surface area (Å²) in [7, 11) is 0. The highest BCUT2D eigenvalue weighted by molar-refractivity contribution is 5.83. The van der Waals surface area contributed by atoms with Gasteiger partial charge in [0.15, 0.2) is 0 Å². The number of rotatable bonds is 0. The van der Waals surface area contributed by atoms with Crippen molar-refractivity contribution in [3.63, 3.8) is 0 Å². The molecule has 1 amide bonds. The van der Waals surface area contributed by atoms with Crippen molar-refractivity contribution < 1.29 is 4.79 Å². The molecule has 2 bridgehead atoms. The first-order valence-electron chi connectivity index (χ1n) is 3.93. The smallest absolute Gasteiger partial charge is 0.223 e. The van der Waals surface area contributed by atoms with Crippen molar-refractivity contribution in [2.24, 2.45) is 11.3 Å². The van der Waals surface area contributed by atoms with Crippen LogP contribution in [0.1, 0.15) is 26.7 Å². The van der Waals surface area contributed by atoms with Crippen LogP contribution in [0.2, 0.25) is 0 Å². The summed E-state index contributed by atoms with van der Waals surface area (Å²) in [5, 5.41) is 3.00. The molecule has 2 aliphatic rings. The number of hydrogen-bond donors (Lipinski definition) is 1. The minimum Gasteiger partial charge on any atom is -0.353 e. The van der Waals surface area contributed by atoms with Crippen LogP contribution < -0.4 is 5.32 Å². The first-order valence-corrected chi connectivity index (χ1v) is 3.93. The van der Waals surface area contributed by atoms with E-state index >= 15 is 0 Å². The number of piperidine rings is 1. The van der Waals surface area contributed by atoms with E-state index in [4.69, 9.17) is 0 Å². The molecule has 56 valence electrons. The zero-order valence-electron chi connectivity index (χ0n) is 6.48. The zero-order chi connectivity index (χ0) is 7.35. The number of carbonyl (C=O) groups is 1. The van der Waals surface area contributed by atoms with E-state index in [1.807, 2.05) is 0 Å². The van der Waals surface area contributed by atoms with Crippen molar-refractivity contribution in [3.8, 4) is 0 Å². The van der Waals surface area contributed by atoms with Crippen LogP contribution in [-0.4, -0.2) is 11.9 Å². The van der Waals surface area contributed by atoms with Crippen LogP contribution in [0.15, 0.2) is 0 Å². The number of fused-ring (bicyclic) bond motifs is 2. The lowest BCUT2D eigenvalue weighted by atomic mass is 9.83. The summed E-state index contributed by atoms with van der Waals surface area (Å²) in [6.45, 7) is 4.38. The monoisotopic (exact) mass is 139 g/mol. The molecule has 2 nitrogen and oxygen atoms in total. The maximum atomic E-state index is 11.1. The van der Waals surface area contributed by atoms with Crippen molar-refractivity contribution in [2.75, 3.05) is 0 Å². The molecule has 2 atom stereocenters. The van der Waals surface area contributed by atoms with Crippen LogP contribution in [0.25, 0.3) is 0 Å². The van der Waals surface area contributed by atoms with Crippen LogP contribution >= 0.6 is 0 Å². The molecule has 1 aliphatic carbocycles. The molecule has 10 heavy (non-hydrogen) atoms. The summed E-state index contributed by atoms with van der Waals surface area (Å²) in [4.78, 5) is 11.1. The van der Waals surface area contributed by atoms with Crippen molar-refractivity contribution in [1.82, 2.24) is 5.32 Å². The lowest BCUT2D eigenvalue weighted by Crippen LogP contribution is -2.32. The molecule has 0 unspecified atom stereocenters.